The van der Waals surface area contributed by atoms with Crippen molar-refractivity contribution in [2.24, 2.45) is 0 Å². The van der Waals surface area contributed by atoms with Crippen molar-refractivity contribution >= 4 is 64.5 Å². The van der Waals surface area contributed by atoms with Crippen molar-refractivity contribution in [2.45, 2.75) is 42.1 Å². The van der Waals surface area contributed by atoms with Gasteiger partial charge in [0.15, 0.2) is 0 Å². The lowest BCUT2D eigenvalue weighted by Gasteiger charge is -2.23. The highest BCUT2D eigenvalue weighted by Gasteiger charge is 2.28. The van der Waals surface area contributed by atoms with E-state index in [0.717, 1.165) is 59.8 Å². The molecule has 46 heavy (non-hydrogen) atoms. The Morgan fingerprint density at radius 3 is 2.33 bits per heavy atom. The molecule has 1 atom stereocenters. The largest absolute Gasteiger partial charge is 0.744 e. The third-order valence-electron chi connectivity index (χ3n) is 8.63. The van der Waals surface area contributed by atoms with Gasteiger partial charge in [0.25, 0.3) is 10.1 Å². The lowest BCUT2D eigenvalue weighted by molar-refractivity contribution is 0.464. The fraction of sp³-hybridized carbons (Fsp3) is 0.176. The Morgan fingerprint density at radius 2 is 1.59 bits per heavy atom. The predicted octanol–water partition coefficient (Wildman–Crippen LogP) is 6.69. The zero-order valence-electron chi connectivity index (χ0n) is 24.8. The number of hydrogen-bond donors (Lipinski definition) is 4. The Hall–Kier alpha value is -4.62. The molecule has 0 bridgehead atoms. The second-order valence-electron chi connectivity index (χ2n) is 11.5. The highest BCUT2D eigenvalue weighted by molar-refractivity contribution is 7.86. The Labute approximate surface area is 267 Å². The molecule has 4 aromatic rings. The average molecular weight is 656 g/mol. The van der Waals surface area contributed by atoms with Crippen LogP contribution < -0.4 is 20.9 Å². The third kappa shape index (κ3) is 5.43. The van der Waals surface area contributed by atoms with E-state index >= 15 is 0 Å². The molecular formula is C34H31N4O6S2-. The monoisotopic (exact) mass is 655 g/mol. The smallest absolute Gasteiger partial charge is 0.295 e. The van der Waals surface area contributed by atoms with E-state index in [1.165, 1.54) is 23.3 Å². The Morgan fingerprint density at radius 1 is 0.870 bits per heavy atom. The maximum atomic E-state index is 12.0. The first-order valence-corrected chi connectivity index (χ1v) is 17.8. The van der Waals surface area contributed by atoms with Crippen LogP contribution >= 0.6 is 0 Å². The first-order valence-electron chi connectivity index (χ1n) is 14.9. The Kier molecular flexibility index (Phi) is 7.40. The SMILES string of the molecule is CCN1c2ccc3c(S(=O)(=O)O)cccc3c2NC1/C=C/C1=CC(=C/C=C2/Nc3ccc4c(S(=O)(=O)[O-])cccc4c3N2)/CCC1. The van der Waals surface area contributed by atoms with Gasteiger partial charge in [-0.15, -0.1) is 0 Å². The Bertz CT molecular complexity index is 2270. The molecule has 0 amide bonds. The van der Waals surface area contributed by atoms with E-state index in [1.807, 2.05) is 18.2 Å². The van der Waals surface area contributed by atoms with Crippen molar-refractivity contribution in [3.05, 3.63) is 108 Å². The molecule has 2 heterocycles. The molecule has 4 aromatic carbocycles. The molecule has 12 heteroatoms. The van der Waals surface area contributed by atoms with Crippen molar-refractivity contribution in [2.75, 3.05) is 27.4 Å². The standard InChI is InChI=1S/C34H32N4O6S2/c1-2-38-28-17-15-24-26(9-5-11-30(24)46(42,43)44)34(28)37-32(38)19-13-22-7-3-6-21(20-22)12-18-31-35-27-16-14-23-25(33(27)36-31)8-4-10-29(23)45(39,40)41/h4-5,8-20,32,35-37H,2-3,6-7H2,1H3,(H,39,40,41)(H,42,43,44)/p-1/b19-13+,21-12+,31-18-. The van der Waals surface area contributed by atoms with Crippen LogP contribution in [0.4, 0.5) is 22.7 Å². The van der Waals surface area contributed by atoms with Crippen LogP contribution in [0.3, 0.4) is 0 Å². The van der Waals surface area contributed by atoms with Crippen LogP contribution in [-0.2, 0) is 20.2 Å². The average Bonchev–Trinajstić information content (AvgIpc) is 3.62. The summed E-state index contributed by atoms with van der Waals surface area (Å²) < 4.78 is 68.9. The van der Waals surface area contributed by atoms with Gasteiger partial charge < -0.3 is 25.4 Å². The van der Waals surface area contributed by atoms with Crippen molar-refractivity contribution in [1.82, 2.24) is 0 Å². The minimum atomic E-state index is -4.60. The molecule has 7 rings (SSSR count). The molecule has 0 fully saturated rings. The molecule has 0 aromatic heterocycles. The van der Waals surface area contributed by atoms with Gasteiger partial charge in [-0.2, -0.15) is 8.42 Å². The summed E-state index contributed by atoms with van der Waals surface area (Å²) in [5.74, 6) is 0.748. The van der Waals surface area contributed by atoms with Crippen molar-refractivity contribution in [1.29, 1.82) is 0 Å². The minimum absolute atomic E-state index is 0.109. The molecule has 0 radical (unpaired) electrons. The predicted molar refractivity (Wildman–Crippen MR) is 181 cm³/mol. The highest BCUT2D eigenvalue weighted by Crippen LogP contribution is 2.42. The number of likely N-dealkylation sites (N-methyl/N-ethyl adjacent to an activating group) is 1. The summed E-state index contributed by atoms with van der Waals surface area (Å²) in [6.07, 6.45) is 13.2. The summed E-state index contributed by atoms with van der Waals surface area (Å²) >= 11 is 0. The summed E-state index contributed by atoms with van der Waals surface area (Å²) in [6.45, 7) is 2.81. The van der Waals surface area contributed by atoms with Gasteiger partial charge in [-0.1, -0.05) is 54.6 Å². The summed E-state index contributed by atoms with van der Waals surface area (Å²) in [4.78, 5) is 1.87. The summed E-state index contributed by atoms with van der Waals surface area (Å²) in [6, 6.07) is 16.6. The Balaban J connectivity index is 1.11. The van der Waals surface area contributed by atoms with Crippen LogP contribution in [0.25, 0.3) is 21.5 Å². The number of benzene rings is 4. The van der Waals surface area contributed by atoms with Crippen molar-refractivity contribution < 1.29 is 25.9 Å². The van der Waals surface area contributed by atoms with Gasteiger partial charge >= 0.3 is 0 Å². The van der Waals surface area contributed by atoms with Gasteiger partial charge in [0.05, 0.1) is 27.6 Å². The number of anilines is 4. The highest BCUT2D eigenvalue weighted by atomic mass is 32.2. The van der Waals surface area contributed by atoms with E-state index < -0.39 is 20.2 Å². The molecule has 1 unspecified atom stereocenters. The molecule has 10 nitrogen and oxygen atoms in total. The van der Waals surface area contributed by atoms with E-state index in [2.05, 4.69) is 52.1 Å². The number of nitrogens with one attached hydrogen (secondary N) is 3. The first-order chi connectivity index (χ1) is 22.0. The lowest BCUT2D eigenvalue weighted by Crippen LogP contribution is -2.33. The second kappa shape index (κ2) is 11.3. The third-order valence-corrected chi connectivity index (χ3v) is 10.4. The molecule has 0 spiro atoms. The van der Waals surface area contributed by atoms with Gasteiger partial charge in [-0.25, -0.2) is 8.42 Å². The van der Waals surface area contributed by atoms with Crippen LogP contribution in [0.2, 0.25) is 0 Å². The van der Waals surface area contributed by atoms with Gasteiger partial charge in [0.2, 0.25) is 0 Å². The molecule has 236 valence electrons. The van der Waals surface area contributed by atoms with Crippen LogP contribution in [0.15, 0.2) is 118 Å². The minimum Gasteiger partial charge on any atom is -0.744 e. The fourth-order valence-corrected chi connectivity index (χ4v) is 7.95. The maximum Gasteiger partial charge on any atom is 0.295 e. The zero-order valence-corrected chi connectivity index (χ0v) is 26.5. The fourth-order valence-electron chi connectivity index (χ4n) is 6.56. The number of nitrogens with zero attached hydrogens (tertiary/aromatic N) is 1. The lowest BCUT2D eigenvalue weighted by atomic mass is 9.94. The van der Waals surface area contributed by atoms with Crippen LogP contribution in [0, 0.1) is 0 Å². The summed E-state index contributed by atoms with van der Waals surface area (Å²) in [5, 5.41) is 12.4. The molecular weight excluding hydrogens is 625 g/mol. The number of allylic oxidation sites excluding steroid dienone is 6. The molecule has 4 N–H and O–H groups in total. The molecule has 1 aliphatic carbocycles. The van der Waals surface area contributed by atoms with Gasteiger partial charge in [-0.05, 0) is 73.7 Å². The van der Waals surface area contributed by atoms with Crippen molar-refractivity contribution in [3.63, 3.8) is 0 Å². The molecule has 0 saturated carbocycles. The number of rotatable bonds is 6. The van der Waals surface area contributed by atoms with E-state index in [9.17, 15) is 25.9 Å². The summed E-state index contributed by atoms with van der Waals surface area (Å²) in [7, 11) is -8.96. The zero-order chi connectivity index (χ0) is 32.2. The normalized spacial score (nSPS) is 19.8. The van der Waals surface area contributed by atoms with Gasteiger partial charge in [0, 0.05) is 28.1 Å². The molecule has 3 aliphatic rings. The maximum absolute atomic E-state index is 12.0. The number of hydrogen-bond acceptors (Lipinski definition) is 9. The van der Waals surface area contributed by atoms with Gasteiger partial charge in [0.1, 0.15) is 27.0 Å². The molecule has 0 saturated heterocycles. The number of fused-ring (bicyclic) bond motifs is 6. The second-order valence-corrected chi connectivity index (χ2v) is 14.2. The van der Waals surface area contributed by atoms with E-state index in [-0.39, 0.29) is 16.0 Å². The van der Waals surface area contributed by atoms with E-state index in [4.69, 9.17) is 0 Å². The quantitative estimate of drug-likeness (QED) is 0.165. The topological polar surface area (TPSA) is 151 Å². The molecule has 2 aliphatic heterocycles. The van der Waals surface area contributed by atoms with Crippen LogP contribution in [0.5, 0.6) is 0 Å². The van der Waals surface area contributed by atoms with E-state index in [0.29, 0.717) is 16.2 Å². The van der Waals surface area contributed by atoms with Crippen LogP contribution in [-0.4, -0.2) is 38.7 Å². The van der Waals surface area contributed by atoms with Crippen molar-refractivity contribution in [3.8, 4) is 0 Å². The first kappa shape index (κ1) is 30.1. The van der Waals surface area contributed by atoms with Gasteiger partial charge in [-0.3, -0.25) is 4.55 Å². The van der Waals surface area contributed by atoms with Crippen LogP contribution in [0.1, 0.15) is 26.2 Å². The summed E-state index contributed by atoms with van der Waals surface area (Å²) in [5.41, 5.74) is 5.69. The van der Waals surface area contributed by atoms with E-state index in [1.54, 1.807) is 36.4 Å².